The molecule has 0 saturated carbocycles. The maximum absolute atomic E-state index is 12.0. The van der Waals surface area contributed by atoms with Crippen molar-refractivity contribution in [2.75, 3.05) is 7.11 Å². The van der Waals surface area contributed by atoms with Gasteiger partial charge in [-0.05, 0) is 35.9 Å². The topological polar surface area (TPSA) is 46.5 Å². The third-order valence-corrected chi connectivity index (χ3v) is 3.30. The monoisotopic (exact) mass is 332 g/mol. The lowest BCUT2D eigenvalue weighted by Gasteiger charge is -2.03. The Bertz CT molecular complexity index is 645. The molecular formula is C16H13BrO3. The number of hydrogen-bond acceptors (Lipinski definition) is 3. The molecule has 0 bridgehead atoms. The summed E-state index contributed by atoms with van der Waals surface area (Å²) in [4.78, 5) is 12.0. The number of methoxy groups -OCH3 is 1. The van der Waals surface area contributed by atoms with Crippen LogP contribution in [0.25, 0.3) is 6.08 Å². The minimum atomic E-state index is -0.256. The van der Waals surface area contributed by atoms with Gasteiger partial charge in [-0.25, -0.2) is 0 Å². The Hall–Kier alpha value is -2.07. The Morgan fingerprint density at radius 2 is 1.90 bits per heavy atom. The first-order chi connectivity index (χ1) is 9.60. The number of carbonyl (C=O) groups excluding carboxylic acids is 1. The molecule has 2 aromatic rings. The van der Waals surface area contributed by atoms with Crippen molar-refractivity contribution < 1.29 is 14.6 Å². The highest BCUT2D eigenvalue weighted by Crippen LogP contribution is 2.24. The molecule has 102 valence electrons. The number of hydrogen-bond donors (Lipinski definition) is 1. The van der Waals surface area contributed by atoms with Gasteiger partial charge in [0.15, 0.2) is 5.78 Å². The van der Waals surface area contributed by atoms with Crippen LogP contribution in [-0.4, -0.2) is 18.0 Å². The number of benzene rings is 2. The molecule has 1 N–H and O–H groups in total. The van der Waals surface area contributed by atoms with Crippen LogP contribution in [0.3, 0.4) is 0 Å². The molecule has 0 atom stereocenters. The van der Waals surface area contributed by atoms with E-state index in [9.17, 15) is 9.90 Å². The van der Waals surface area contributed by atoms with Crippen LogP contribution in [-0.2, 0) is 0 Å². The van der Waals surface area contributed by atoms with Gasteiger partial charge in [0.1, 0.15) is 11.5 Å². The van der Waals surface area contributed by atoms with Gasteiger partial charge >= 0.3 is 0 Å². The van der Waals surface area contributed by atoms with E-state index in [4.69, 9.17) is 4.74 Å². The molecule has 0 fully saturated rings. The fourth-order valence-electron chi connectivity index (χ4n) is 1.68. The molecule has 0 aliphatic rings. The lowest BCUT2D eigenvalue weighted by molar-refractivity contribution is 0.104. The molecule has 0 saturated heterocycles. The Labute approximate surface area is 125 Å². The molecule has 4 heteroatoms. The zero-order valence-corrected chi connectivity index (χ0v) is 12.4. The summed E-state index contributed by atoms with van der Waals surface area (Å²) in [6.45, 7) is 0. The lowest BCUT2D eigenvalue weighted by atomic mass is 10.1. The molecular weight excluding hydrogens is 320 g/mol. The molecule has 0 radical (unpaired) electrons. The predicted octanol–water partition coefficient (Wildman–Crippen LogP) is 4.06. The van der Waals surface area contributed by atoms with Crippen LogP contribution in [0.5, 0.6) is 11.5 Å². The standard InChI is InChI=1S/C16H13BrO3/c1-20-13-7-8-14(16(19)10-13)15(18)9-4-11-2-5-12(17)6-3-11/h2-10,19H,1H3. The van der Waals surface area contributed by atoms with E-state index < -0.39 is 0 Å². The van der Waals surface area contributed by atoms with Gasteiger partial charge in [-0.1, -0.05) is 34.1 Å². The van der Waals surface area contributed by atoms with Gasteiger partial charge in [0.2, 0.25) is 0 Å². The van der Waals surface area contributed by atoms with Gasteiger partial charge in [-0.15, -0.1) is 0 Å². The van der Waals surface area contributed by atoms with E-state index in [1.54, 1.807) is 18.2 Å². The fourth-order valence-corrected chi connectivity index (χ4v) is 1.95. The van der Waals surface area contributed by atoms with Crippen molar-refractivity contribution in [2.45, 2.75) is 0 Å². The normalized spacial score (nSPS) is 10.7. The van der Waals surface area contributed by atoms with Crippen molar-refractivity contribution in [1.82, 2.24) is 0 Å². The maximum Gasteiger partial charge on any atom is 0.189 e. The van der Waals surface area contributed by atoms with E-state index in [0.29, 0.717) is 5.75 Å². The van der Waals surface area contributed by atoms with Crippen molar-refractivity contribution in [3.05, 3.63) is 64.1 Å². The first-order valence-corrected chi connectivity index (χ1v) is 6.74. The van der Waals surface area contributed by atoms with Crippen LogP contribution >= 0.6 is 15.9 Å². The second-order valence-electron chi connectivity index (χ2n) is 4.13. The van der Waals surface area contributed by atoms with Gasteiger partial charge in [-0.2, -0.15) is 0 Å². The van der Waals surface area contributed by atoms with Gasteiger partial charge in [0.05, 0.1) is 12.7 Å². The summed E-state index contributed by atoms with van der Waals surface area (Å²) < 4.78 is 5.96. The van der Waals surface area contributed by atoms with E-state index in [0.717, 1.165) is 10.0 Å². The van der Waals surface area contributed by atoms with Gasteiger partial charge in [0.25, 0.3) is 0 Å². The zero-order valence-electron chi connectivity index (χ0n) is 10.8. The minimum Gasteiger partial charge on any atom is -0.507 e. The van der Waals surface area contributed by atoms with Crippen molar-refractivity contribution >= 4 is 27.8 Å². The summed E-state index contributed by atoms with van der Waals surface area (Å²) in [6.07, 6.45) is 3.14. The molecule has 0 unspecified atom stereocenters. The second kappa shape index (κ2) is 6.39. The molecule has 0 spiro atoms. The molecule has 0 aromatic heterocycles. The number of ketones is 1. The van der Waals surface area contributed by atoms with Crippen LogP contribution in [0.4, 0.5) is 0 Å². The van der Waals surface area contributed by atoms with Gasteiger partial charge in [0, 0.05) is 10.5 Å². The first kappa shape index (κ1) is 14.3. The van der Waals surface area contributed by atoms with Gasteiger partial charge < -0.3 is 9.84 Å². The highest BCUT2D eigenvalue weighted by Gasteiger charge is 2.09. The van der Waals surface area contributed by atoms with Crippen molar-refractivity contribution in [3.8, 4) is 11.5 Å². The number of phenolic OH excluding ortho intramolecular Hbond substituents is 1. The molecule has 3 nitrogen and oxygen atoms in total. The number of allylic oxidation sites excluding steroid dienone is 1. The molecule has 20 heavy (non-hydrogen) atoms. The molecule has 0 heterocycles. The number of halogens is 1. The summed E-state index contributed by atoms with van der Waals surface area (Å²) in [5.74, 6) is 0.166. The van der Waals surface area contributed by atoms with Crippen LogP contribution in [0.2, 0.25) is 0 Å². The smallest absolute Gasteiger partial charge is 0.189 e. The summed E-state index contributed by atoms with van der Waals surface area (Å²) >= 11 is 3.35. The van der Waals surface area contributed by atoms with Gasteiger partial charge in [-0.3, -0.25) is 4.79 Å². The zero-order chi connectivity index (χ0) is 14.5. The molecule has 0 aliphatic carbocycles. The van der Waals surface area contributed by atoms with Crippen molar-refractivity contribution in [1.29, 1.82) is 0 Å². The third kappa shape index (κ3) is 3.48. The van der Waals surface area contributed by atoms with Crippen LogP contribution < -0.4 is 4.74 Å². The van der Waals surface area contributed by atoms with Crippen LogP contribution in [0.1, 0.15) is 15.9 Å². The fraction of sp³-hybridized carbons (Fsp3) is 0.0625. The second-order valence-corrected chi connectivity index (χ2v) is 5.05. The Morgan fingerprint density at radius 3 is 2.50 bits per heavy atom. The quantitative estimate of drug-likeness (QED) is 0.678. The number of aromatic hydroxyl groups is 1. The summed E-state index contributed by atoms with van der Waals surface area (Å²) in [7, 11) is 1.50. The summed E-state index contributed by atoms with van der Waals surface area (Å²) in [5, 5.41) is 9.79. The lowest BCUT2D eigenvalue weighted by Crippen LogP contribution is -1.95. The summed E-state index contributed by atoms with van der Waals surface area (Å²) in [5.41, 5.74) is 1.16. The average Bonchev–Trinajstić information content (AvgIpc) is 2.46. The summed E-state index contributed by atoms with van der Waals surface area (Å²) in [6, 6.07) is 12.2. The Balaban J connectivity index is 2.17. The number of rotatable bonds is 4. The van der Waals surface area contributed by atoms with E-state index in [1.807, 2.05) is 24.3 Å². The third-order valence-electron chi connectivity index (χ3n) is 2.77. The van der Waals surface area contributed by atoms with Crippen LogP contribution in [0, 0.1) is 0 Å². The van der Waals surface area contributed by atoms with E-state index in [-0.39, 0.29) is 17.1 Å². The van der Waals surface area contributed by atoms with E-state index >= 15 is 0 Å². The Kier molecular flexibility index (Phi) is 4.58. The largest absolute Gasteiger partial charge is 0.507 e. The highest BCUT2D eigenvalue weighted by molar-refractivity contribution is 9.10. The number of phenols is 1. The number of ether oxygens (including phenoxy) is 1. The van der Waals surface area contributed by atoms with E-state index in [2.05, 4.69) is 15.9 Å². The highest BCUT2D eigenvalue weighted by atomic mass is 79.9. The first-order valence-electron chi connectivity index (χ1n) is 5.95. The molecule has 2 rings (SSSR count). The molecule has 2 aromatic carbocycles. The molecule has 0 aliphatic heterocycles. The van der Waals surface area contributed by atoms with E-state index in [1.165, 1.54) is 19.3 Å². The molecule has 0 amide bonds. The van der Waals surface area contributed by atoms with Crippen LogP contribution in [0.15, 0.2) is 53.0 Å². The van der Waals surface area contributed by atoms with Crippen molar-refractivity contribution in [3.63, 3.8) is 0 Å². The maximum atomic E-state index is 12.0. The van der Waals surface area contributed by atoms with Crippen molar-refractivity contribution in [2.24, 2.45) is 0 Å². The number of carbonyl (C=O) groups is 1. The SMILES string of the molecule is COc1ccc(C(=O)C=Cc2ccc(Br)cc2)c(O)c1. The minimum absolute atomic E-state index is 0.0881. The average molecular weight is 333 g/mol. The predicted molar refractivity (Wildman–Crippen MR) is 82.2 cm³/mol. The Morgan fingerprint density at radius 1 is 1.20 bits per heavy atom.